The van der Waals surface area contributed by atoms with E-state index in [1.54, 1.807) is 69.3 Å². The molecule has 2 aromatic rings. The summed E-state index contributed by atoms with van der Waals surface area (Å²) in [6.45, 7) is 5.47. The zero-order valence-electron chi connectivity index (χ0n) is 18.4. The Morgan fingerprint density at radius 1 is 1.06 bits per heavy atom. The molecule has 2 aromatic carbocycles. The molecule has 1 aliphatic rings. The molecule has 8 nitrogen and oxygen atoms in total. The minimum absolute atomic E-state index is 0.246. The third-order valence-electron chi connectivity index (χ3n) is 4.70. The Morgan fingerprint density at radius 3 is 2.41 bits per heavy atom. The van der Waals surface area contributed by atoms with Gasteiger partial charge in [-0.25, -0.2) is 4.79 Å². The van der Waals surface area contributed by atoms with Gasteiger partial charge in [0.2, 0.25) is 0 Å². The van der Waals surface area contributed by atoms with Crippen LogP contribution in [0.2, 0.25) is 0 Å². The molecule has 166 valence electrons. The second-order valence-corrected chi connectivity index (χ2v) is 6.87. The van der Waals surface area contributed by atoms with Crippen molar-refractivity contribution in [2.75, 3.05) is 18.7 Å². The van der Waals surface area contributed by atoms with Crippen molar-refractivity contribution in [3.63, 3.8) is 0 Å². The molecular formula is C24H24N2O6. The number of hydrogen-bond acceptors (Lipinski definition) is 7. The van der Waals surface area contributed by atoms with Gasteiger partial charge in [-0.15, -0.1) is 0 Å². The number of nitrogens with zero attached hydrogens (tertiary/aromatic N) is 2. The van der Waals surface area contributed by atoms with Gasteiger partial charge >= 0.3 is 11.9 Å². The van der Waals surface area contributed by atoms with Crippen molar-refractivity contribution in [2.24, 2.45) is 5.10 Å². The fourth-order valence-electron chi connectivity index (χ4n) is 3.03. The summed E-state index contributed by atoms with van der Waals surface area (Å²) < 4.78 is 15.5. The SMILES string of the molecule is CCOC(=O)c1ccc(N2N=C(C)C(=Cc3ccc(OC(=O)CC)c(OC)c3)C2=O)cc1. The average Bonchev–Trinajstić information content (AvgIpc) is 3.08. The molecule has 8 heteroatoms. The maximum Gasteiger partial charge on any atom is 0.338 e. The lowest BCUT2D eigenvalue weighted by molar-refractivity contribution is -0.134. The first-order chi connectivity index (χ1) is 15.4. The van der Waals surface area contributed by atoms with E-state index < -0.39 is 5.97 Å². The zero-order chi connectivity index (χ0) is 23.3. The Labute approximate surface area is 186 Å². The van der Waals surface area contributed by atoms with Crippen LogP contribution in [0.4, 0.5) is 5.69 Å². The molecule has 1 heterocycles. The van der Waals surface area contributed by atoms with Gasteiger partial charge in [0.1, 0.15) is 0 Å². The molecule has 0 N–H and O–H groups in total. The van der Waals surface area contributed by atoms with Crippen LogP contribution < -0.4 is 14.5 Å². The highest BCUT2D eigenvalue weighted by Crippen LogP contribution is 2.31. The molecule has 0 bridgehead atoms. The first kappa shape index (κ1) is 22.7. The van der Waals surface area contributed by atoms with E-state index in [0.29, 0.717) is 39.6 Å². The Kier molecular flexibility index (Phi) is 7.04. The topological polar surface area (TPSA) is 94.5 Å². The minimum atomic E-state index is -0.422. The Hall–Kier alpha value is -3.94. The number of benzene rings is 2. The van der Waals surface area contributed by atoms with Gasteiger partial charge in [-0.3, -0.25) is 9.59 Å². The summed E-state index contributed by atoms with van der Waals surface area (Å²) in [5, 5.41) is 5.64. The molecule has 0 aliphatic carbocycles. The number of amides is 1. The Bertz CT molecular complexity index is 1100. The van der Waals surface area contributed by atoms with Gasteiger partial charge in [0, 0.05) is 6.42 Å². The molecule has 32 heavy (non-hydrogen) atoms. The number of carbonyl (C=O) groups excluding carboxylic acids is 3. The summed E-state index contributed by atoms with van der Waals surface area (Å²) in [5.41, 5.74) is 2.58. The molecular weight excluding hydrogens is 412 g/mol. The lowest BCUT2D eigenvalue weighted by Gasteiger charge is -2.12. The summed E-state index contributed by atoms with van der Waals surface area (Å²) in [6, 6.07) is 11.5. The summed E-state index contributed by atoms with van der Waals surface area (Å²) in [6.07, 6.45) is 1.94. The van der Waals surface area contributed by atoms with E-state index in [0.717, 1.165) is 0 Å². The van der Waals surface area contributed by atoms with Crippen LogP contribution in [0, 0.1) is 0 Å². The molecule has 0 aromatic heterocycles. The van der Waals surface area contributed by atoms with Crippen molar-refractivity contribution in [3.8, 4) is 11.5 Å². The smallest absolute Gasteiger partial charge is 0.338 e. The van der Waals surface area contributed by atoms with Gasteiger partial charge in [0.05, 0.1) is 36.3 Å². The van der Waals surface area contributed by atoms with Crippen molar-refractivity contribution in [3.05, 3.63) is 59.2 Å². The Morgan fingerprint density at radius 2 is 1.78 bits per heavy atom. The summed E-state index contributed by atoms with van der Waals surface area (Å²) in [7, 11) is 1.48. The van der Waals surface area contributed by atoms with E-state index in [4.69, 9.17) is 14.2 Å². The molecule has 0 saturated heterocycles. The quantitative estimate of drug-likeness (QED) is 0.370. The summed E-state index contributed by atoms with van der Waals surface area (Å²) >= 11 is 0. The number of carbonyl (C=O) groups is 3. The van der Waals surface area contributed by atoms with Crippen molar-refractivity contribution in [1.29, 1.82) is 0 Å². The Balaban J connectivity index is 1.83. The predicted molar refractivity (Wildman–Crippen MR) is 120 cm³/mol. The standard InChI is InChI=1S/C24H24N2O6/c1-5-22(27)32-20-12-7-16(14-21(20)30-4)13-19-15(3)25-26(23(19)28)18-10-8-17(9-11-18)24(29)31-6-2/h7-14H,5-6H2,1-4H3. The van der Waals surface area contributed by atoms with Gasteiger partial charge < -0.3 is 14.2 Å². The van der Waals surface area contributed by atoms with Crippen LogP contribution in [0.3, 0.4) is 0 Å². The van der Waals surface area contributed by atoms with E-state index in [1.165, 1.54) is 12.1 Å². The van der Waals surface area contributed by atoms with Crippen LogP contribution in [0.1, 0.15) is 43.1 Å². The van der Waals surface area contributed by atoms with Crippen molar-refractivity contribution < 1.29 is 28.6 Å². The number of methoxy groups -OCH3 is 1. The number of esters is 2. The number of rotatable bonds is 7. The zero-order valence-corrected chi connectivity index (χ0v) is 18.4. The first-order valence-electron chi connectivity index (χ1n) is 10.2. The predicted octanol–water partition coefficient (Wildman–Crippen LogP) is 3.99. The van der Waals surface area contributed by atoms with E-state index >= 15 is 0 Å². The number of hydrazone groups is 1. The summed E-state index contributed by atoms with van der Waals surface area (Å²) in [5.74, 6) is -0.394. The minimum Gasteiger partial charge on any atom is -0.493 e. The van der Waals surface area contributed by atoms with E-state index in [9.17, 15) is 14.4 Å². The van der Waals surface area contributed by atoms with Gasteiger partial charge in [-0.2, -0.15) is 10.1 Å². The van der Waals surface area contributed by atoms with Gasteiger partial charge in [-0.05, 0) is 61.9 Å². The molecule has 1 aliphatic heterocycles. The molecule has 3 rings (SSSR count). The van der Waals surface area contributed by atoms with Crippen molar-refractivity contribution >= 4 is 35.3 Å². The maximum atomic E-state index is 13.0. The van der Waals surface area contributed by atoms with Crippen LogP contribution in [0.25, 0.3) is 6.08 Å². The van der Waals surface area contributed by atoms with Gasteiger partial charge in [-0.1, -0.05) is 13.0 Å². The fraction of sp³-hybridized carbons (Fsp3) is 0.250. The maximum absolute atomic E-state index is 13.0. The van der Waals surface area contributed by atoms with Crippen LogP contribution in [0.15, 0.2) is 53.1 Å². The molecule has 0 fully saturated rings. The third kappa shape index (κ3) is 4.85. The second-order valence-electron chi connectivity index (χ2n) is 6.87. The van der Waals surface area contributed by atoms with Crippen molar-refractivity contribution in [1.82, 2.24) is 0 Å². The lowest BCUT2D eigenvalue weighted by atomic mass is 10.1. The van der Waals surface area contributed by atoms with Crippen LogP contribution in [0.5, 0.6) is 11.5 Å². The van der Waals surface area contributed by atoms with Crippen molar-refractivity contribution in [2.45, 2.75) is 27.2 Å². The first-order valence-corrected chi connectivity index (χ1v) is 10.2. The highest BCUT2D eigenvalue weighted by molar-refractivity contribution is 6.32. The van der Waals surface area contributed by atoms with Crippen LogP contribution in [-0.4, -0.2) is 37.3 Å². The second kappa shape index (κ2) is 9.91. The molecule has 0 saturated carbocycles. The summed E-state index contributed by atoms with van der Waals surface area (Å²) in [4.78, 5) is 36.4. The fourth-order valence-corrected chi connectivity index (χ4v) is 3.03. The van der Waals surface area contributed by atoms with Crippen LogP contribution >= 0.6 is 0 Å². The number of anilines is 1. The largest absolute Gasteiger partial charge is 0.493 e. The molecule has 0 spiro atoms. The number of ether oxygens (including phenoxy) is 3. The van der Waals surface area contributed by atoms with Gasteiger partial charge in [0.25, 0.3) is 5.91 Å². The van der Waals surface area contributed by atoms with E-state index in [-0.39, 0.29) is 24.9 Å². The normalized spacial score (nSPS) is 14.4. The average molecular weight is 436 g/mol. The number of hydrogen-bond donors (Lipinski definition) is 0. The highest BCUT2D eigenvalue weighted by atomic mass is 16.6. The van der Waals surface area contributed by atoms with Crippen LogP contribution in [-0.2, 0) is 14.3 Å². The van der Waals surface area contributed by atoms with Gasteiger partial charge in [0.15, 0.2) is 11.5 Å². The van der Waals surface area contributed by atoms with E-state index in [1.807, 2.05) is 0 Å². The van der Waals surface area contributed by atoms with E-state index in [2.05, 4.69) is 5.10 Å². The highest BCUT2D eigenvalue weighted by Gasteiger charge is 2.29. The lowest BCUT2D eigenvalue weighted by Crippen LogP contribution is -2.21. The molecule has 0 unspecified atom stereocenters. The monoisotopic (exact) mass is 436 g/mol. The molecule has 1 amide bonds. The molecule has 0 radical (unpaired) electrons. The molecule has 0 atom stereocenters. The third-order valence-corrected chi connectivity index (χ3v) is 4.70.